The molecule has 0 aromatic heterocycles. The Morgan fingerprint density at radius 2 is 1.67 bits per heavy atom. The summed E-state index contributed by atoms with van der Waals surface area (Å²) in [6.07, 6.45) is 0. The van der Waals surface area contributed by atoms with Crippen LogP contribution in [0.3, 0.4) is 0 Å². The van der Waals surface area contributed by atoms with Crippen LogP contribution in [-0.2, 0) is 9.53 Å². The largest absolute Gasteiger partial charge is 0.465 e. The topological polar surface area (TPSA) is 120 Å². The molecule has 0 aliphatic rings. The Morgan fingerprint density at radius 3 is 2.10 bits per heavy atom. The summed E-state index contributed by atoms with van der Waals surface area (Å²) in [6, 6.07) is 14.8. The first-order valence-electron chi connectivity index (χ1n) is 9.22. The van der Waals surface area contributed by atoms with Crippen molar-refractivity contribution in [1.29, 1.82) is 10.7 Å². The zero-order valence-corrected chi connectivity index (χ0v) is 17.0. The molecule has 0 bridgehead atoms. The summed E-state index contributed by atoms with van der Waals surface area (Å²) < 4.78 is 5.25. The quantitative estimate of drug-likeness (QED) is 0.234. The van der Waals surface area contributed by atoms with Crippen LogP contribution in [0, 0.1) is 26.9 Å². The first-order chi connectivity index (χ1) is 14.3. The molecule has 30 heavy (non-hydrogen) atoms. The minimum Gasteiger partial charge on any atom is -0.465 e. The number of nitro benzene ring substituents is 1. The Morgan fingerprint density at radius 1 is 1.13 bits per heavy atom. The van der Waals surface area contributed by atoms with Gasteiger partial charge in [0.15, 0.2) is 0 Å². The summed E-state index contributed by atoms with van der Waals surface area (Å²) in [4.78, 5) is 25.3. The van der Waals surface area contributed by atoms with Crippen LogP contribution in [0.15, 0.2) is 54.1 Å². The van der Waals surface area contributed by atoms with E-state index in [0.29, 0.717) is 11.1 Å². The molecule has 0 aliphatic carbocycles. The number of nitrogens with one attached hydrogen (secondary N) is 1. The number of non-ortho nitro benzene ring substituents is 1. The molecule has 2 rings (SSSR count). The number of carbonyl (C=O) groups is 1. The lowest BCUT2D eigenvalue weighted by molar-refractivity contribution is -0.384. The number of allylic oxidation sites excluding steroid dienone is 1. The Hall–Kier alpha value is -3.95. The number of nitro groups is 1. The second kappa shape index (κ2) is 10.0. The maximum Gasteiger partial charge on any atom is 0.314 e. The van der Waals surface area contributed by atoms with Crippen molar-refractivity contribution in [1.82, 2.24) is 0 Å². The summed E-state index contributed by atoms with van der Waals surface area (Å²) in [5, 5.41) is 28.2. The minimum absolute atomic E-state index is 0.0380. The van der Waals surface area contributed by atoms with E-state index in [1.807, 2.05) is 37.2 Å². The molecule has 0 fully saturated rings. The van der Waals surface area contributed by atoms with E-state index in [9.17, 15) is 20.2 Å². The number of anilines is 1. The van der Waals surface area contributed by atoms with Gasteiger partial charge in [0.25, 0.3) is 5.69 Å². The number of benzene rings is 2. The molecule has 2 atom stereocenters. The van der Waals surface area contributed by atoms with Crippen LogP contribution in [0.5, 0.6) is 0 Å². The van der Waals surface area contributed by atoms with Crippen LogP contribution in [-0.4, -0.2) is 37.5 Å². The molecule has 0 heterocycles. The molecule has 154 valence electrons. The van der Waals surface area contributed by atoms with Crippen molar-refractivity contribution in [2.24, 2.45) is 0 Å². The third-order valence-electron chi connectivity index (χ3n) is 4.67. The Labute approximate surface area is 174 Å². The molecule has 8 nitrogen and oxygen atoms in total. The summed E-state index contributed by atoms with van der Waals surface area (Å²) in [7, 11) is 3.78. The average molecular weight is 406 g/mol. The number of esters is 1. The van der Waals surface area contributed by atoms with Crippen molar-refractivity contribution in [3.63, 3.8) is 0 Å². The van der Waals surface area contributed by atoms with Crippen LogP contribution >= 0.6 is 0 Å². The first kappa shape index (κ1) is 22.3. The third-order valence-corrected chi connectivity index (χ3v) is 4.67. The number of ether oxygens (including phenoxy) is 1. The predicted octanol–water partition coefficient (Wildman–Crippen LogP) is 3.79. The van der Waals surface area contributed by atoms with Gasteiger partial charge in [0, 0.05) is 37.8 Å². The maximum atomic E-state index is 12.9. The molecule has 0 amide bonds. The lowest BCUT2D eigenvalue weighted by Crippen LogP contribution is -2.24. The lowest BCUT2D eigenvalue weighted by Gasteiger charge is -2.25. The second-order valence-corrected chi connectivity index (χ2v) is 6.69. The summed E-state index contributed by atoms with van der Waals surface area (Å²) in [6.45, 7) is 1.80. The van der Waals surface area contributed by atoms with Crippen molar-refractivity contribution >= 4 is 23.2 Å². The van der Waals surface area contributed by atoms with E-state index in [4.69, 9.17) is 10.1 Å². The summed E-state index contributed by atoms with van der Waals surface area (Å²) in [5.74, 6) is -0.242. The SMILES string of the molecule is CCOC(=O)C(c1ccc([N+](=O)[O-])cc1)C(C(=C=N)C#N)c1ccc(N(C)C)cc1. The van der Waals surface area contributed by atoms with Crippen molar-refractivity contribution in [3.05, 3.63) is 75.3 Å². The van der Waals surface area contributed by atoms with Gasteiger partial charge in [-0.25, -0.2) is 0 Å². The fourth-order valence-corrected chi connectivity index (χ4v) is 3.18. The van der Waals surface area contributed by atoms with E-state index < -0.39 is 22.7 Å². The standard InChI is InChI=1S/C22H22N4O4/c1-4-30-22(27)21(16-7-11-19(12-8-16)26(28)29)20(17(13-23)14-24)15-5-9-18(10-6-15)25(2)3/h5-12,20-21,23H,4H2,1-3H3. The second-order valence-electron chi connectivity index (χ2n) is 6.69. The number of hydrogen-bond acceptors (Lipinski definition) is 7. The highest BCUT2D eigenvalue weighted by molar-refractivity contribution is 5.82. The van der Waals surface area contributed by atoms with Crippen molar-refractivity contribution < 1.29 is 14.5 Å². The fraction of sp³-hybridized carbons (Fsp3) is 0.273. The molecule has 1 N–H and O–H groups in total. The van der Waals surface area contributed by atoms with Crippen LogP contribution in [0.1, 0.15) is 29.9 Å². The van der Waals surface area contributed by atoms with Crippen molar-refractivity contribution in [3.8, 4) is 6.07 Å². The van der Waals surface area contributed by atoms with Crippen molar-refractivity contribution in [2.45, 2.75) is 18.8 Å². The van der Waals surface area contributed by atoms with E-state index >= 15 is 0 Å². The predicted molar refractivity (Wildman–Crippen MR) is 113 cm³/mol. The molecule has 0 spiro atoms. The number of rotatable bonds is 8. The highest BCUT2D eigenvalue weighted by atomic mass is 16.6. The van der Waals surface area contributed by atoms with Crippen LogP contribution < -0.4 is 4.90 Å². The molecule has 8 heteroatoms. The van der Waals surface area contributed by atoms with Crippen LogP contribution in [0.25, 0.3) is 0 Å². The van der Waals surface area contributed by atoms with Gasteiger partial charge >= 0.3 is 5.97 Å². The highest BCUT2D eigenvalue weighted by Crippen LogP contribution is 2.39. The molecule has 2 unspecified atom stereocenters. The minimum atomic E-state index is -0.969. The number of nitrogens with zero attached hydrogens (tertiary/aromatic N) is 3. The zero-order chi connectivity index (χ0) is 22.3. The third kappa shape index (κ3) is 4.90. The molecular formula is C22H22N4O4. The molecule has 0 saturated carbocycles. The first-order valence-corrected chi connectivity index (χ1v) is 9.22. The van der Waals surface area contributed by atoms with Gasteiger partial charge in [0.05, 0.1) is 23.0 Å². The van der Waals surface area contributed by atoms with Gasteiger partial charge in [-0.3, -0.25) is 20.3 Å². The number of nitriles is 1. The van der Waals surface area contributed by atoms with E-state index in [1.165, 1.54) is 24.3 Å². The summed E-state index contributed by atoms with van der Waals surface area (Å²) >= 11 is 0. The van der Waals surface area contributed by atoms with E-state index in [2.05, 4.69) is 5.87 Å². The van der Waals surface area contributed by atoms with Crippen LogP contribution in [0.4, 0.5) is 11.4 Å². The Balaban J connectivity index is 2.66. The molecule has 0 aliphatic heterocycles. The van der Waals surface area contributed by atoms with Gasteiger partial charge < -0.3 is 9.64 Å². The van der Waals surface area contributed by atoms with Gasteiger partial charge in [-0.15, -0.1) is 0 Å². The molecule has 0 saturated heterocycles. The van der Waals surface area contributed by atoms with Gasteiger partial charge in [0.1, 0.15) is 6.07 Å². The van der Waals surface area contributed by atoms with Gasteiger partial charge in [-0.05, 0) is 36.1 Å². The number of carbonyl (C=O) groups excluding carboxylic acids is 1. The van der Waals surface area contributed by atoms with Gasteiger partial charge in [-0.1, -0.05) is 24.3 Å². The van der Waals surface area contributed by atoms with E-state index in [1.54, 1.807) is 19.1 Å². The van der Waals surface area contributed by atoms with Gasteiger partial charge in [0.2, 0.25) is 0 Å². The normalized spacial score (nSPS) is 12.1. The molecule has 0 radical (unpaired) electrons. The number of hydrogen-bond donors (Lipinski definition) is 1. The van der Waals surface area contributed by atoms with E-state index in [0.717, 1.165) is 5.69 Å². The fourth-order valence-electron chi connectivity index (χ4n) is 3.18. The molecule has 2 aromatic carbocycles. The zero-order valence-electron chi connectivity index (χ0n) is 17.0. The molecular weight excluding hydrogens is 384 g/mol. The smallest absolute Gasteiger partial charge is 0.314 e. The monoisotopic (exact) mass is 406 g/mol. The Bertz CT molecular complexity index is 1000. The lowest BCUT2D eigenvalue weighted by atomic mass is 9.77. The van der Waals surface area contributed by atoms with Crippen molar-refractivity contribution in [2.75, 3.05) is 25.6 Å². The average Bonchev–Trinajstić information content (AvgIpc) is 2.74. The Kier molecular flexibility index (Phi) is 7.45. The summed E-state index contributed by atoms with van der Waals surface area (Å²) in [5.41, 5.74) is 1.86. The van der Waals surface area contributed by atoms with E-state index in [-0.39, 0.29) is 17.9 Å². The molecule has 2 aromatic rings. The highest BCUT2D eigenvalue weighted by Gasteiger charge is 2.36. The van der Waals surface area contributed by atoms with Crippen LogP contribution in [0.2, 0.25) is 0 Å². The van der Waals surface area contributed by atoms with Gasteiger partial charge in [-0.2, -0.15) is 5.26 Å². The maximum absolute atomic E-state index is 12.9.